The molecule has 4 atom stereocenters. The molecule has 0 bridgehead atoms. The fourth-order valence-corrected chi connectivity index (χ4v) is 2.52. The molecule has 0 aliphatic carbocycles. The van der Waals surface area contributed by atoms with E-state index in [-0.39, 0.29) is 25.2 Å². The molecule has 0 radical (unpaired) electrons. The van der Waals surface area contributed by atoms with Gasteiger partial charge in [-0.05, 0) is 12.8 Å². The van der Waals surface area contributed by atoms with Crippen molar-refractivity contribution in [1.29, 1.82) is 0 Å². The number of hydrogen-bond donors (Lipinski definition) is 6. The first-order chi connectivity index (χ1) is 9.65. The van der Waals surface area contributed by atoms with Gasteiger partial charge in [0.2, 0.25) is 0 Å². The van der Waals surface area contributed by atoms with Crippen LogP contribution in [0.1, 0.15) is 12.8 Å². The molecule has 0 saturated carbocycles. The second-order valence-corrected chi connectivity index (χ2v) is 10.1. The van der Waals surface area contributed by atoms with Gasteiger partial charge >= 0.3 is 11.9 Å². The summed E-state index contributed by atoms with van der Waals surface area (Å²) >= 11 is 0. The van der Waals surface area contributed by atoms with Crippen LogP contribution in [0.4, 0.5) is 0 Å². The normalized spacial score (nSPS) is 18.8. The summed E-state index contributed by atoms with van der Waals surface area (Å²) in [6.07, 6.45) is 0.000154. The standard InChI is InChI=1S/2C5H12NO4P/c2*1-11(9,10)3-2-4(6)5(7)8/h2*4H,2-3,6H2,1H3,(H,7,8)(H,9,10)/t2*4-/m10/s1. The van der Waals surface area contributed by atoms with Gasteiger partial charge in [-0.2, -0.15) is 0 Å². The van der Waals surface area contributed by atoms with E-state index < -0.39 is 38.8 Å². The van der Waals surface area contributed by atoms with Crippen LogP contribution in [0.25, 0.3) is 0 Å². The van der Waals surface area contributed by atoms with Gasteiger partial charge in [0.25, 0.3) is 0 Å². The van der Waals surface area contributed by atoms with Gasteiger partial charge in [-0.15, -0.1) is 0 Å². The second-order valence-electron chi connectivity index (χ2n) is 5.02. The van der Waals surface area contributed by atoms with Gasteiger partial charge in [0.1, 0.15) is 12.1 Å². The predicted octanol–water partition coefficient (Wildman–Crippen LogP) is -0.623. The van der Waals surface area contributed by atoms with E-state index in [1.807, 2.05) is 0 Å². The molecule has 12 heteroatoms. The molecule has 0 aromatic heterocycles. The highest BCUT2D eigenvalue weighted by Gasteiger charge is 2.17. The average Bonchev–Trinajstić information content (AvgIpc) is 2.31. The number of carboxylic acid groups (broad SMARTS) is 2. The van der Waals surface area contributed by atoms with Gasteiger partial charge in [0.15, 0.2) is 14.7 Å². The molecule has 0 fully saturated rings. The smallest absolute Gasteiger partial charge is 0.320 e. The van der Waals surface area contributed by atoms with E-state index in [0.717, 1.165) is 0 Å². The maximum Gasteiger partial charge on any atom is 0.320 e. The van der Waals surface area contributed by atoms with E-state index in [1.165, 1.54) is 13.3 Å². The van der Waals surface area contributed by atoms with Crippen molar-refractivity contribution in [1.82, 2.24) is 0 Å². The van der Waals surface area contributed by atoms with Gasteiger partial charge in [0, 0.05) is 25.7 Å². The Bertz CT molecular complexity index is 416. The number of rotatable bonds is 8. The Morgan fingerprint density at radius 1 is 0.864 bits per heavy atom. The molecule has 2 unspecified atom stereocenters. The van der Waals surface area contributed by atoms with Gasteiger partial charge in [0.05, 0.1) is 0 Å². The van der Waals surface area contributed by atoms with Crippen LogP contribution in [0.5, 0.6) is 0 Å². The average molecular weight is 362 g/mol. The van der Waals surface area contributed by atoms with E-state index in [4.69, 9.17) is 31.5 Å². The molecule has 22 heavy (non-hydrogen) atoms. The first-order valence-corrected chi connectivity index (χ1v) is 10.8. The van der Waals surface area contributed by atoms with Crippen LogP contribution in [0.2, 0.25) is 0 Å². The Kier molecular flexibility index (Phi) is 10.8. The van der Waals surface area contributed by atoms with Crippen molar-refractivity contribution >= 4 is 26.7 Å². The van der Waals surface area contributed by atoms with Crippen molar-refractivity contribution in [2.45, 2.75) is 24.9 Å². The van der Waals surface area contributed by atoms with Crippen LogP contribution in [-0.2, 0) is 18.7 Å². The molecule has 0 aliphatic rings. The van der Waals surface area contributed by atoms with Crippen LogP contribution < -0.4 is 11.5 Å². The van der Waals surface area contributed by atoms with Crippen molar-refractivity contribution in [3.8, 4) is 0 Å². The SMILES string of the molecule is CP(=O)(O)CC[C@@H](N)C(=O)O.CP(=O)(O)CC[C@H](N)C(=O)O. The predicted molar refractivity (Wildman–Crippen MR) is 81.7 cm³/mol. The first-order valence-electron chi connectivity index (χ1n) is 6.21. The van der Waals surface area contributed by atoms with Gasteiger partial charge in [-0.1, -0.05) is 0 Å². The molecule has 0 aromatic carbocycles. The van der Waals surface area contributed by atoms with Crippen LogP contribution >= 0.6 is 14.7 Å². The summed E-state index contributed by atoms with van der Waals surface area (Å²) in [5.74, 6) is -2.28. The quantitative estimate of drug-likeness (QED) is 0.302. The topological polar surface area (TPSA) is 201 Å². The molecule has 0 heterocycles. The lowest BCUT2D eigenvalue weighted by Crippen LogP contribution is -2.30. The fraction of sp³-hybridized carbons (Fsp3) is 0.800. The maximum atomic E-state index is 10.6. The van der Waals surface area contributed by atoms with Crippen LogP contribution in [0, 0.1) is 0 Å². The van der Waals surface area contributed by atoms with Crippen molar-refractivity contribution in [2.24, 2.45) is 11.5 Å². The van der Waals surface area contributed by atoms with Crippen LogP contribution in [-0.4, -0.2) is 69.7 Å². The zero-order valence-electron chi connectivity index (χ0n) is 12.5. The Hall–Kier alpha value is -0.760. The highest BCUT2D eigenvalue weighted by Crippen LogP contribution is 2.36. The molecule has 0 saturated heterocycles. The number of carboxylic acids is 2. The first kappa shape index (κ1) is 23.5. The lowest BCUT2D eigenvalue weighted by molar-refractivity contribution is -0.139. The summed E-state index contributed by atoms with van der Waals surface area (Å²) in [6, 6.07) is -2.06. The molecule has 0 amide bonds. The molecule has 132 valence electrons. The molecule has 0 spiro atoms. The van der Waals surface area contributed by atoms with E-state index in [2.05, 4.69) is 0 Å². The Morgan fingerprint density at radius 2 is 1.09 bits per heavy atom. The Morgan fingerprint density at radius 3 is 1.23 bits per heavy atom. The molecule has 0 aromatic rings. The molecular formula is C10H24N2O8P2. The monoisotopic (exact) mass is 362 g/mol. The highest BCUT2D eigenvalue weighted by molar-refractivity contribution is 7.57. The van der Waals surface area contributed by atoms with Crippen LogP contribution in [0.15, 0.2) is 0 Å². The zero-order valence-corrected chi connectivity index (χ0v) is 14.2. The van der Waals surface area contributed by atoms with Gasteiger partial charge < -0.3 is 31.5 Å². The Balaban J connectivity index is 0. The summed E-state index contributed by atoms with van der Waals surface area (Å²) in [4.78, 5) is 37.8. The number of hydrogen-bond acceptors (Lipinski definition) is 6. The highest BCUT2D eigenvalue weighted by atomic mass is 31.2. The second kappa shape index (κ2) is 10.1. The lowest BCUT2D eigenvalue weighted by Gasteiger charge is -2.07. The lowest BCUT2D eigenvalue weighted by atomic mass is 10.2. The van der Waals surface area contributed by atoms with Crippen molar-refractivity contribution in [3.05, 3.63) is 0 Å². The summed E-state index contributed by atoms with van der Waals surface area (Å²) in [6.45, 7) is 2.36. The molecular weight excluding hydrogens is 338 g/mol. The summed E-state index contributed by atoms with van der Waals surface area (Å²) in [7, 11) is -6.21. The summed E-state index contributed by atoms with van der Waals surface area (Å²) < 4.78 is 21.3. The van der Waals surface area contributed by atoms with Crippen molar-refractivity contribution < 1.29 is 38.7 Å². The van der Waals surface area contributed by atoms with Crippen molar-refractivity contribution in [2.75, 3.05) is 25.7 Å². The van der Waals surface area contributed by atoms with E-state index >= 15 is 0 Å². The number of carbonyl (C=O) groups is 2. The van der Waals surface area contributed by atoms with Crippen molar-refractivity contribution in [3.63, 3.8) is 0 Å². The molecule has 0 rings (SSSR count). The largest absolute Gasteiger partial charge is 0.480 e. The molecule has 8 N–H and O–H groups in total. The molecule has 0 aliphatic heterocycles. The fourth-order valence-electron chi connectivity index (χ4n) is 1.00. The number of nitrogens with two attached hydrogens (primary N) is 2. The zero-order chi connectivity index (χ0) is 18.1. The van der Waals surface area contributed by atoms with E-state index in [1.54, 1.807) is 0 Å². The van der Waals surface area contributed by atoms with E-state index in [0.29, 0.717) is 0 Å². The summed E-state index contributed by atoms with van der Waals surface area (Å²) in [5.41, 5.74) is 10.2. The number of aliphatic carboxylic acids is 2. The maximum absolute atomic E-state index is 10.6. The van der Waals surface area contributed by atoms with Gasteiger partial charge in [-0.3, -0.25) is 18.7 Å². The minimum atomic E-state index is -3.10. The molecule has 10 nitrogen and oxygen atoms in total. The van der Waals surface area contributed by atoms with Gasteiger partial charge in [-0.25, -0.2) is 0 Å². The Labute approximate surface area is 128 Å². The third kappa shape index (κ3) is 17.3. The third-order valence-electron chi connectivity index (χ3n) is 2.34. The van der Waals surface area contributed by atoms with E-state index in [9.17, 15) is 18.7 Å². The minimum absolute atomic E-state index is 0.0412. The summed E-state index contributed by atoms with van der Waals surface area (Å²) in [5, 5.41) is 16.6. The minimum Gasteiger partial charge on any atom is -0.480 e. The third-order valence-corrected chi connectivity index (χ3v) is 4.52. The van der Waals surface area contributed by atoms with Crippen LogP contribution in [0.3, 0.4) is 0 Å².